The van der Waals surface area contributed by atoms with Gasteiger partial charge in [-0.2, -0.15) is 0 Å². The molecule has 144 heavy (non-hydrogen) atoms. The van der Waals surface area contributed by atoms with E-state index in [-0.39, 0.29) is 218 Å². The zero-order chi connectivity index (χ0) is 107. The number of carbonyl (C=O) groups is 5. The minimum atomic E-state index is -4.43. The van der Waals surface area contributed by atoms with Crippen molar-refractivity contribution in [3.63, 3.8) is 0 Å². The van der Waals surface area contributed by atoms with Crippen LogP contribution in [0.5, 0.6) is 0 Å². The molecule has 0 aromatic heterocycles. The van der Waals surface area contributed by atoms with Gasteiger partial charge in [0.2, 0.25) is 25.3 Å². The Labute approximate surface area is 878 Å². The average molecular weight is 2120 g/mol. The van der Waals surface area contributed by atoms with Crippen molar-refractivity contribution in [3.8, 4) is 0 Å². The van der Waals surface area contributed by atoms with Gasteiger partial charge in [-0.05, 0) is 241 Å². The topological polar surface area (TPSA) is 359 Å². The van der Waals surface area contributed by atoms with Crippen LogP contribution in [0.25, 0.3) is 0 Å². The minimum Gasteiger partial charge on any atom is -0.377 e. The Morgan fingerprint density at radius 1 is 0.382 bits per heavy atom. The highest BCUT2D eigenvalue weighted by molar-refractivity contribution is 7.58. The van der Waals surface area contributed by atoms with E-state index in [1.54, 1.807) is 18.7 Å². The molecule has 0 saturated carbocycles. The second-order valence-corrected chi connectivity index (χ2v) is 50.3. The maximum atomic E-state index is 12.8. The molecule has 33 nitrogen and oxygen atoms in total. The quantitative estimate of drug-likeness (QED) is 0.0243. The predicted molar refractivity (Wildman–Crippen MR) is 588 cm³/mol. The predicted octanol–water partition coefficient (Wildman–Crippen LogP) is 18.9. The van der Waals surface area contributed by atoms with Gasteiger partial charge >= 0.3 is 15.6 Å². The third kappa shape index (κ3) is 58.2. The number of phosphoric acid groups is 2. The number of Topliss-reactive ketones (excluding diaryl/α,β-unsaturated/α-hetero) is 2. The van der Waals surface area contributed by atoms with Crippen molar-refractivity contribution in [2.24, 2.45) is 23.7 Å². The minimum absolute atomic E-state index is 0. The van der Waals surface area contributed by atoms with Crippen LogP contribution in [0.3, 0.4) is 0 Å². The Morgan fingerprint density at radius 3 is 1.13 bits per heavy atom. The highest BCUT2D eigenvalue weighted by Gasteiger charge is 2.45. The normalized spacial score (nSPS) is 25.0. The zero-order valence-electron chi connectivity index (χ0n) is 94.8. The van der Waals surface area contributed by atoms with Gasteiger partial charge in [0.1, 0.15) is 17.7 Å². The fraction of sp³-hybridized carbons (Fsp3) is 0.944. The number of nitrogens with zero attached hydrogens (tertiary/aromatic N) is 7. The summed E-state index contributed by atoms with van der Waals surface area (Å²) in [5, 5.41) is 10.4. The number of hydrogen-bond donors (Lipinski definition) is 6. The van der Waals surface area contributed by atoms with Crippen molar-refractivity contribution >= 4 is 58.8 Å². The number of ether oxygens (including phenoxy) is 7. The Kier molecular flexibility index (Phi) is 70.4. The van der Waals surface area contributed by atoms with E-state index in [2.05, 4.69) is 187 Å². The number of ketones is 2. The van der Waals surface area contributed by atoms with E-state index < -0.39 is 29.3 Å². The molecular formula is C108H221N10O23P3. The molecule has 7 fully saturated rings. The number of nitrogens with one attached hydrogen (secondary N) is 3. The molecule has 0 aromatic carbocycles. The number of carbonyl (C=O) groups excluding carboxylic acids is 5. The highest BCUT2D eigenvalue weighted by Crippen LogP contribution is 2.49. The second-order valence-electron chi connectivity index (χ2n) is 45.6. The van der Waals surface area contributed by atoms with Gasteiger partial charge in [-0.15, -0.1) is 0 Å². The maximum absolute atomic E-state index is 12.8. The Morgan fingerprint density at radius 2 is 0.750 bits per heavy atom. The maximum Gasteiger partial charge on any atom is 0.472 e. The van der Waals surface area contributed by atoms with Gasteiger partial charge in [0, 0.05) is 163 Å². The van der Waals surface area contributed by atoms with Crippen LogP contribution in [0, 0.1) is 23.7 Å². The van der Waals surface area contributed by atoms with Gasteiger partial charge in [0.15, 0.2) is 0 Å². The van der Waals surface area contributed by atoms with Crippen LogP contribution in [0.15, 0.2) is 0 Å². The second kappa shape index (κ2) is 71.6. The smallest absolute Gasteiger partial charge is 0.377 e. The fourth-order valence-electron chi connectivity index (χ4n) is 19.5. The molecule has 6 N–H and O–H groups in total. The van der Waals surface area contributed by atoms with Crippen LogP contribution >= 0.6 is 23.2 Å². The van der Waals surface area contributed by atoms with Crippen molar-refractivity contribution in [3.05, 3.63) is 0 Å². The molecule has 0 radical (unpaired) electrons. The summed E-state index contributed by atoms with van der Waals surface area (Å²) < 4.78 is 99.4. The monoisotopic (exact) mass is 2120 g/mol. The molecule has 0 aliphatic carbocycles. The van der Waals surface area contributed by atoms with Crippen LogP contribution < -0.4 is 16.0 Å². The first-order valence-electron chi connectivity index (χ1n) is 54.3. The molecule has 36 heteroatoms. The SMILES string of the molecule is C.C.C.C=P(O)(OCC1CC(OC(C)C)CN1C(C)C)OC1CC(CC)N(C(C)C)C1.CC(C)CCC(=O)N1C[C@H](OC(C)C)C[C@H]1COC(C)C.CC(C)CCCC(=O)CC1CC(COC(C)C)N(C(=O)CCNC(C)C)C1.CC(C)NC1CC(COP(=O)(O)OCC(COP(=O)(O)OCC2CC(NC(C)C)CN2C(C)C)OC(C)C)N(C(C)C)C1.CC(C)OC[C@@H]1C[C@@H](OC(C)C)CN1C(=O)CC(=O)C(C)C. The van der Waals surface area contributed by atoms with Gasteiger partial charge < -0.3 is 87.5 Å². The summed E-state index contributed by atoms with van der Waals surface area (Å²) in [4.78, 5) is 108. The summed E-state index contributed by atoms with van der Waals surface area (Å²) in [7, 11) is -11.9. The van der Waals surface area contributed by atoms with Crippen molar-refractivity contribution in [1.82, 2.24) is 50.2 Å². The first-order chi connectivity index (χ1) is 65.6. The van der Waals surface area contributed by atoms with Crippen LogP contribution in [0.1, 0.15) is 367 Å². The third-order valence-electron chi connectivity index (χ3n) is 26.0. The van der Waals surface area contributed by atoms with Crippen molar-refractivity contribution < 1.29 is 108 Å². The van der Waals surface area contributed by atoms with Crippen LogP contribution in [0.2, 0.25) is 0 Å². The largest absolute Gasteiger partial charge is 0.472 e. The molecule has 7 heterocycles. The molecule has 3 amide bonds. The lowest BCUT2D eigenvalue weighted by Gasteiger charge is -2.30. The average Bonchev–Trinajstić information content (AvgIpc) is 1.61. The number of phosphoric ester groups is 2. The number of amides is 3. The van der Waals surface area contributed by atoms with E-state index in [9.17, 15) is 47.8 Å². The molecule has 0 spiro atoms. The van der Waals surface area contributed by atoms with Crippen LogP contribution in [0.4, 0.5) is 0 Å². The van der Waals surface area contributed by atoms with E-state index >= 15 is 0 Å². The van der Waals surface area contributed by atoms with E-state index in [0.717, 1.165) is 96.8 Å². The molecule has 13 unspecified atom stereocenters. The zero-order valence-corrected chi connectivity index (χ0v) is 97.5. The van der Waals surface area contributed by atoms with Crippen molar-refractivity contribution in [2.45, 2.75) is 537 Å². The number of likely N-dealkylation sites (tertiary alicyclic amines) is 7. The Bertz CT molecular complexity index is 3540. The summed E-state index contributed by atoms with van der Waals surface area (Å²) >= 11 is 0. The van der Waals surface area contributed by atoms with Crippen LogP contribution in [-0.2, 0) is 93.4 Å². The Balaban J connectivity index is 0.00000181. The van der Waals surface area contributed by atoms with Gasteiger partial charge in [-0.1, -0.05) is 119 Å². The first-order valence-corrected chi connectivity index (χ1v) is 59.0. The van der Waals surface area contributed by atoms with Gasteiger partial charge in [0.05, 0.1) is 145 Å². The lowest BCUT2D eigenvalue weighted by Crippen LogP contribution is -2.40. The standard InChI is InChI=1S/C28H60N4O9P2.C22H42N2O3.C21H43N2O4P.C17H31NO4.C17H33NO3.3CH4/c1-19(2)29-24-11-26(31(13-24)21(5)6)15-37-42(33,34)39-17-28(41-23(9)10)18-40-43(35,36)38-16-27-12-25(30-20(3)4)14-32(27)22(7)8;1-16(2)8-7-9-21(25)13-19-12-20(15-27-18(5)6)24(14-19)22(26)10-11-23-17(3)4;1-9-18-10-21(13-22(18)15(2)3)27-28(8,24)25-14-19-11-20(26-17(6)7)12-23(19)16(4)5;1-11(2)16(19)8-17(20)18-9-15(22-13(5)6)7-14(18)10-21-12(3)4;1-12(2)7-8-17(19)18-10-16(21-14(5)6)9-15(18)11-20-13(3)4;;;/h19-30H,11-18H2,1-10H3,(H,33,34)(H,35,36);16-20,23H,7-15H2,1-6H3;15-21,24H,8-14H2,1-7H3;11-15H,7-10H2,1-6H3;12-16H,7-11H2,1-6H3;3*1H4/t;;;14-,15+;15-,16+;;;/m...00.../s1. The number of hydrogen-bond acceptors (Lipinski definition) is 28. The van der Waals surface area contributed by atoms with E-state index in [1.807, 2.05) is 92.9 Å². The van der Waals surface area contributed by atoms with Crippen LogP contribution in [-0.4, -0.2) is 360 Å². The molecule has 856 valence electrons. The first kappa shape index (κ1) is 142. The van der Waals surface area contributed by atoms with Gasteiger partial charge in [0.25, 0.3) is 0 Å². The molecule has 17 atom stereocenters. The van der Waals surface area contributed by atoms with E-state index in [0.29, 0.717) is 132 Å². The molecular weight excluding hydrogens is 1900 g/mol. The summed E-state index contributed by atoms with van der Waals surface area (Å²) in [5.41, 5.74) is 0. The molecule has 0 aromatic rings. The van der Waals surface area contributed by atoms with Gasteiger partial charge in [-0.3, -0.25) is 61.7 Å². The van der Waals surface area contributed by atoms with Gasteiger partial charge in [-0.25, -0.2) is 9.13 Å². The molecule has 7 rings (SSSR count). The van der Waals surface area contributed by atoms with E-state index in [1.165, 1.54) is 0 Å². The molecule has 7 aliphatic rings. The van der Waals surface area contributed by atoms with Crippen molar-refractivity contribution in [1.29, 1.82) is 0 Å². The summed E-state index contributed by atoms with van der Waals surface area (Å²) in [5.74, 6) is 2.02. The molecule has 7 saturated heterocycles. The molecule has 0 bridgehead atoms. The molecule has 7 aliphatic heterocycles. The highest BCUT2D eigenvalue weighted by atomic mass is 31.2. The van der Waals surface area contributed by atoms with E-state index in [4.69, 9.17) is 60.3 Å². The lowest BCUT2D eigenvalue weighted by atomic mass is 9.96. The third-order valence-corrected chi connectivity index (χ3v) is 29.1. The summed E-state index contributed by atoms with van der Waals surface area (Å²) in [6.07, 6.45) is 16.6. The Hall–Kier alpha value is -2.41. The summed E-state index contributed by atoms with van der Waals surface area (Å²) in [6, 6.07) is 3.91. The fourth-order valence-corrected chi connectivity index (χ4v) is 22.2. The number of rotatable bonds is 59. The lowest BCUT2D eigenvalue weighted by molar-refractivity contribution is -0.138. The van der Waals surface area contributed by atoms with Crippen molar-refractivity contribution in [2.75, 3.05) is 105 Å². The summed E-state index contributed by atoms with van der Waals surface area (Å²) in [6.45, 7) is 79.6.